The number of carbonyl (C=O) groups is 2. The fraction of sp³-hybridized carbons (Fsp3) is 0.190. The Labute approximate surface area is 176 Å². The van der Waals surface area contributed by atoms with E-state index in [4.69, 9.17) is 0 Å². The van der Waals surface area contributed by atoms with Crippen LogP contribution < -0.4 is 5.32 Å². The number of thioether (sulfide) groups is 1. The molecule has 1 N–H and O–H groups in total. The normalized spacial score (nSPS) is 16.0. The first-order valence-corrected chi connectivity index (χ1v) is 11.0. The Kier molecular flexibility index (Phi) is 5.92. The third-order valence-electron chi connectivity index (χ3n) is 4.54. The molecule has 2 amide bonds. The zero-order valence-corrected chi connectivity index (χ0v) is 17.0. The Morgan fingerprint density at radius 1 is 1.14 bits per heavy atom. The number of halogens is 1. The highest BCUT2D eigenvalue weighted by atomic mass is 32.2. The van der Waals surface area contributed by atoms with Gasteiger partial charge in [-0.15, -0.1) is 23.1 Å². The molecule has 1 saturated heterocycles. The van der Waals surface area contributed by atoms with Gasteiger partial charge in [0.1, 0.15) is 11.9 Å². The van der Waals surface area contributed by atoms with Gasteiger partial charge in [0.15, 0.2) is 5.13 Å². The number of hydrogen-bond acceptors (Lipinski definition) is 5. The van der Waals surface area contributed by atoms with Gasteiger partial charge in [0, 0.05) is 28.8 Å². The van der Waals surface area contributed by atoms with Crippen molar-refractivity contribution in [3.63, 3.8) is 0 Å². The van der Waals surface area contributed by atoms with Crippen LogP contribution in [0.5, 0.6) is 0 Å². The summed E-state index contributed by atoms with van der Waals surface area (Å²) in [5.41, 5.74) is 1.54. The molecule has 0 spiro atoms. The molecule has 1 aliphatic heterocycles. The van der Waals surface area contributed by atoms with Crippen molar-refractivity contribution in [3.8, 4) is 0 Å². The van der Waals surface area contributed by atoms with Gasteiger partial charge in [0.25, 0.3) is 5.91 Å². The Hall–Kier alpha value is -2.71. The molecule has 148 valence electrons. The van der Waals surface area contributed by atoms with Crippen molar-refractivity contribution in [3.05, 3.63) is 82.6 Å². The van der Waals surface area contributed by atoms with E-state index in [2.05, 4.69) is 10.3 Å². The van der Waals surface area contributed by atoms with E-state index in [0.29, 0.717) is 28.7 Å². The van der Waals surface area contributed by atoms with E-state index < -0.39 is 6.04 Å². The maximum Gasteiger partial charge on any atom is 0.255 e. The van der Waals surface area contributed by atoms with E-state index in [0.717, 1.165) is 10.4 Å². The zero-order valence-electron chi connectivity index (χ0n) is 15.4. The van der Waals surface area contributed by atoms with Crippen LogP contribution in [0.1, 0.15) is 20.8 Å². The van der Waals surface area contributed by atoms with Crippen LogP contribution in [0.25, 0.3) is 0 Å². The second-order valence-corrected chi connectivity index (χ2v) is 8.70. The predicted octanol–water partition coefficient (Wildman–Crippen LogP) is 4.03. The van der Waals surface area contributed by atoms with E-state index in [1.807, 2.05) is 18.2 Å². The van der Waals surface area contributed by atoms with Crippen LogP contribution >= 0.6 is 23.1 Å². The number of thiazole rings is 1. The molecule has 1 aliphatic rings. The molecule has 0 bridgehead atoms. The third-order valence-corrected chi connectivity index (χ3v) is 6.47. The number of carbonyl (C=O) groups excluding carboxylic acids is 2. The number of nitrogens with zero attached hydrogens (tertiary/aromatic N) is 2. The van der Waals surface area contributed by atoms with Gasteiger partial charge in [-0.05, 0) is 29.8 Å². The van der Waals surface area contributed by atoms with Gasteiger partial charge >= 0.3 is 0 Å². The number of amides is 2. The lowest BCUT2D eigenvalue weighted by molar-refractivity contribution is -0.119. The smallest absolute Gasteiger partial charge is 0.255 e. The van der Waals surface area contributed by atoms with E-state index in [9.17, 15) is 14.0 Å². The fourth-order valence-corrected chi connectivity index (χ4v) is 5.05. The second kappa shape index (κ2) is 8.75. The third kappa shape index (κ3) is 4.65. The van der Waals surface area contributed by atoms with Crippen LogP contribution in [0.4, 0.5) is 9.52 Å². The standard InChI is InChI=1S/C21H18FN3O2S2/c22-16-8-6-14(7-9-16)10-17-11-23-21(29-17)24-19(26)18-12-28-13-25(18)20(27)15-4-2-1-3-5-15/h1-9,11,18H,10,12-13H2,(H,23,24,26)/t18-/m0/s1. The number of benzene rings is 2. The van der Waals surface area contributed by atoms with Gasteiger partial charge < -0.3 is 10.2 Å². The molecule has 0 unspecified atom stereocenters. The van der Waals surface area contributed by atoms with Gasteiger partial charge in [0.05, 0.1) is 5.88 Å². The molecule has 4 rings (SSSR count). The zero-order chi connectivity index (χ0) is 20.2. The highest BCUT2D eigenvalue weighted by Gasteiger charge is 2.35. The van der Waals surface area contributed by atoms with Gasteiger partial charge in [0.2, 0.25) is 5.91 Å². The van der Waals surface area contributed by atoms with Crippen LogP contribution in [0.15, 0.2) is 60.8 Å². The highest BCUT2D eigenvalue weighted by Crippen LogP contribution is 2.26. The minimum Gasteiger partial charge on any atom is -0.316 e. The molecule has 8 heteroatoms. The molecule has 1 aromatic heterocycles. The Morgan fingerprint density at radius 2 is 1.90 bits per heavy atom. The van der Waals surface area contributed by atoms with E-state index in [1.165, 1.54) is 23.5 Å². The fourth-order valence-electron chi connectivity index (χ4n) is 3.05. The van der Waals surface area contributed by atoms with Crippen LogP contribution in [0.3, 0.4) is 0 Å². The molecule has 1 atom stereocenters. The summed E-state index contributed by atoms with van der Waals surface area (Å²) in [4.78, 5) is 32.3. The monoisotopic (exact) mass is 427 g/mol. The minimum absolute atomic E-state index is 0.146. The van der Waals surface area contributed by atoms with Crippen molar-refractivity contribution in [1.82, 2.24) is 9.88 Å². The molecule has 2 heterocycles. The van der Waals surface area contributed by atoms with Gasteiger partial charge in [-0.2, -0.15) is 0 Å². The van der Waals surface area contributed by atoms with Crippen LogP contribution in [-0.2, 0) is 11.2 Å². The molecular formula is C21H18FN3O2S2. The summed E-state index contributed by atoms with van der Waals surface area (Å²) in [7, 11) is 0. The highest BCUT2D eigenvalue weighted by molar-refractivity contribution is 7.99. The quantitative estimate of drug-likeness (QED) is 0.668. The summed E-state index contributed by atoms with van der Waals surface area (Å²) in [5, 5.41) is 3.33. The summed E-state index contributed by atoms with van der Waals surface area (Å²) in [6.45, 7) is 0. The van der Waals surface area contributed by atoms with Crippen LogP contribution in [0.2, 0.25) is 0 Å². The van der Waals surface area contributed by atoms with E-state index in [1.54, 1.807) is 47.1 Å². The molecule has 3 aromatic rings. The molecule has 0 aliphatic carbocycles. The van der Waals surface area contributed by atoms with Crippen molar-refractivity contribution in [2.24, 2.45) is 0 Å². The SMILES string of the molecule is O=C(Nc1ncc(Cc2ccc(F)cc2)s1)[C@@H]1CSCN1C(=O)c1ccccc1. The van der Waals surface area contributed by atoms with Crippen LogP contribution in [0, 0.1) is 5.82 Å². The second-order valence-electron chi connectivity index (χ2n) is 6.58. The average Bonchev–Trinajstić information content (AvgIpc) is 3.39. The summed E-state index contributed by atoms with van der Waals surface area (Å²) in [6, 6.07) is 14.8. The van der Waals surface area contributed by atoms with E-state index >= 15 is 0 Å². The van der Waals surface area contributed by atoms with Crippen molar-refractivity contribution in [1.29, 1.82) is 0 Å². The summed E-state index contributed by atoms with van der Waals surface area (Å²) < 4.78 is 13.0. The molecule has 29 heavy (non-hydrogen) atoms. The van der Waals surface area contributed by atoms with Gasteiger partial charge in [-0.3, -0.25) is 9.59 Å². The number of hydrogen-bond donors (Lipinski definition) is 1. The van der Waals surface area contributed by atoms with Crippen molar-refractivity contribution in [2.45, 2.75) is 12.5 Å². The Morgan fingerprint density at radius 3 is 2.66 bits per heavy atom. The molecule has 0 radical (unpaired) electrons. The minimum atomic E-state index is -0.530. The summed E-state index contributed by atoms with van der Waals surface area (Å²) in [5.74, 6) is 0.390. The molecule has 1 fully saturated rings. The van der Waals surface area contributed by atoms with Crippen molar-refractivity contribution < 1.29 is 14.0 Å². The lowest BCUT2D eigenvalue weighted by atomic mass is 10.1. The van der Waals surface area contributed by atoms with E-state index in [-0.39, 0.29) is 17.6 Å². The molecular weight excluding hydrogens is 409 g/mol. The molecule has 2 aromatic carbocycles. The number of aromatic nitrogens is 1. The van der Waals surface area contributed by atoms with Gasteiger partial charge in [-0.25, -0.2) is 9.37 Å². The number of nitrogens with one attached hydrogen (secondary N) is 1. The number of anilines is 1. The topological polar surface area (TPSA) is 62.3 Å². The predicted molar refractivity (Wildman–Crippen MR) is 114 cm³/mol. The molecule has 5 nitrogen and oxygen atoms in total. The van der Waals surface area contributed by atoms with Crippen molar-refractivity contribution >= 4 is 40.0 Å². The summed E-state index contributed by atoms with van der Waals surface area (Å²) in [6.07, 6.45) is 2.33. The summed E-state index contributed by atoms with van der Waals surface area (Å²) >= 11 is 2.93. The van der Waals surface area contributed by atoms with Crippen molar-refractivity contribution in [2.75, 3.05) is 16.9 Å². The van der Waals surface area contributed by atoms with Crippen LogP contribution in [-0.4, -0.2) is 39.4 Å². The lowest BCUT2D eigenvalue weighted by Gasteiger charge is -2.22. The Balaban J connectivity index is 1.40. The van der Waals surface area contributed by atoms with Gasteiger partial charge in [-0.1, -0.05) is 30.3 Å². The number of rotatable bonds is 5. The maximum absolute atomic E-state index is 13.0. The first kappa shape index (κ1) is 19.6. The first-order chi connectivity index (χ1) is 14.1. The average molecular weight is 428 g/mol. The molecule has 0 saturated carbocycles. The Bertz CT molecular complexity index is 1010. The maximum atomic E-state index is 13.0. The lowest BCUT2D eigenvalue weighted by Crippen LogP contribution is -2.44. The first-order valence-electron chi connectivity index (χ1n) is 9.04. The largest absolute Gasteiger partial charge is 0.316 e.